The number of ether oxygens (including phenoxy) is 1. The van der Waals surface area contributed by atoms with Crippen molar-refractivity contribution in [2.75, 3.05) is 0 Å². The van der Waals surface area contributed by atoms with Gasteiger partial charge in [0.15, 0.2) is 5.75 Å². The molecule has 0 bridgehead atoms. The van der Waals surface area contributed by atoms with E-state index in [-0.39, 0.29) is 18.5 Å². The highest BCUT2D eigenvalue weighted by Crippen LogP contribution is 2.36. The maximum absolute atomic E-state index is 13.0. The first-order valence-corrected chi connectivity index (χ1v) is 10.5. The van der Waals surface area contributed by atoms with Gasteiger partial charge in [0, 0.05) is 9.64 Å². The molecule has 2 rings (SSSR count). The van der Waals surface area contributed by atoms with Crippen LogP contribution in [0.4, 0.5) is 4.39 Å². The van der Waals surface area contributed by atoms with Gasteiger partial charge in [0.05, 0.1) is 12.0 Å². The third kappa shape index (κ3) is 4.28. The van der Waals surface area contributed by atoms with Gasteiger partial charge in [-0.15, -0.1) is 0 Å². The van der Waals surface area contributed by atoms with Gasteiger partial charge in [0.2, 0.25) is 0 Å². The van der Waals surface area contributed by atoms with Gasteiger partial charge in [-0.3, -0.25) is 0 Å². The van der Waals surface area contributed by atoms with E-state index in [0.717, 1.165) is 18.2 Å². The Morgan fingerprint density at radius 3 is 2.33 bits per heavy atom. The molecule has 6 nitrogen and oxygen atoms in total. The van der Waals surface area contributed by atoms with Crippen LogP contribution in [0.5, 0.6) is 11.5 Å². The fourth-order valence-corrected chi connectivity index (χ4v) is 7.52. The quantitative estimate of drug-likeness (QED) is 0.230. The average Bonchev–Trinajstić information content (AvgIpc) is 2.41. The predicted molar refractivity (Wildman–Crippen MR) is 106 cm³/mol. The SMILES string of the molecule is O=C(Oc1c(I)cc(I)c(S(=O)(=O)[O-])c1I)c1ccc(F)cc1O. The largest absolute Gasteiger partial charge is 0.744 e. The van der Waals surface area contributed by atoms with Crippen molar-refractivity contribution in [3.05, 3.63) is 46.4 Å². The van der Waals surface area contributed by atoms with Gasteiger partial charge in [-0.25, -0.2) is 17.6 Å². The summed E-state index contributed by atoms with van der Waals surface area (Å²) in [7, 11) is -4.78. The van der Waals surface area contributed by atoms with Gasteiger partial charge < -0.3 is 14.4 Å². The zero-order valence-electron chi connectivity index (χ0n) is 11.2. The Morgan fingerprint density at radius 1 is 1.17 bits per heavy atom. The third-order valence-electron chi connectivity index (χ3n) is 2.71. The van der Waals surface area contributed by atoms with E-state index in [1.807, 2.05) is 22.6 Å². The molecular weight excluding hydrogens is 684 g/mol. The Morgan fingerprint density at radius 2 is 1.79 bits per heavy atom. The normalized spacial score (nSPS) is 11.4. The Hall–Kier alpha value is -0.260. The number of hydrogen-bond acceptors (Lipinski definition) is 6. The second-order valence-electron chi connectivity index (χ2n) is 4.32. The van der Waals surface area contributed by atoms with Gasteiger partial charge in [0.25, 0.3) is 0 Å². The van der Waals surface area contributed by atoms with Crippen LogP contribution in [0.3, 0.4) is 0 Å². The van der Waals surface area contributed by atoms with Crippen molar-refractivity contribution in [3.63, 3.8) is 0 Å². The number of benzene rings is 2. The van der Waals surface area contributed by atoms with Crippen LogP contribution in [0, 0.1) is 16.5 Å². The van der Waals surface area contributed by atoms with Crippen molar-refractivity contribution < 1.29 is 32.0 Å². The van der Waals surface area contributed by atoms with Crippen LogP contribution < -0.4 is 4.74 Å². The van der Waals surface area contributed by atoms with E-state index in [0.29, 0.717) is 3.57 Å². The maximum Gasteiger partial charge on any atom is 0.347 e. The van der Waals surface area contributed by atoms with Gasteiger partial charge in [-0.1, -0.05) is 0 Å². The van der Waals surface area contributed by atoms with Crippen LogP contribution in [0.1, 0.15) is 10.4 Å². The van der Waals surface area contributed by atoms with Crippen LogP contribution in [0.25, 0.3) is 0 Å². The lowest BCUT2D eigenvalue weighted by atomic mass is 10.2. The molecule has 1 N–H and O–H groups in total. The van der Waals surface area contributed by atoms with Gasteiger partial charge >= 0.3 is 5.97 Å². The number of aromatic hydroxyl groups is 1. The first kappa shape index (κ1) is 20.1. The van der Waals surface area contributed by atoms with Crippen LogP contribution in [0.2, 0.25) is 0 Å². The lowest BCUT2D eigenvalue weighted by molar-refractivity contribution is 0.0728. The topological polar surface area (TPSA) is 104 Å². The molecule has 0 heterocycles. The lowest BCUT2D eigenvalue weighted by Crippen LogP contribution is -2.13. The maximum atomic E-state index is 13.0. The zero-order valence-corrected chi connectivity index (χ0v) is 18.5. The van der Waals surface area contributed by atoms with E-state index in [9.17, 15) is 27.3 Å². The van der Waals surface area contributed by atoms with Gasteiger partial charge in [-0.05, 0) is 86.0 Å². The minimum Gasteiger partial charge on any atom is -0.744 e. The molecule has 0 aromatic heterocycles. The summed E-state index contributed by atoms with van der Waals surface area (Å²) in [6.45, 7) is 0. The molecule has 2 aromatic carbocycles. The van der Waals surface area contributed by atoms with E-state index in [2.05, 4.69) is 0 Å². The Balaban J connectivity index is 2.52. The minimum atomic E-state index is -4.78. The van der Waals surface area contributed by atoms with Gasteiger partial charge in [0.1, 0.15) is 27.2 Å². The number of carbonyl (C=O) groups excluding carboxylic acids is 1. The summed E-state index contributed by atoms with van der Waals surface area (Å²) >= 11 is 5.11. The molecule has 0 fully saturated rings. The summed E-state index contributed by atoms with van der Waals surface area (Å²) in [4.78, 5) is 11.7. The molecule has 0 aliphatic heterocycles. The molecule has 0 aliphatic rings. The number of phenolic OH excluding ortho intramolecular Hbond substituents is 1. The minimum absolute atomic E-state index is 0.0474. The smallest absolute Gasteiger partial charge is 0.347 e. The molecule has 0 unspecified atom stereocenters. The second kappa shape index (κ2) is 7.55. The summed E-state index contributed by atoms with van der Waals surface area (Å²) in [5.41, 5.74) is -0.298. The number of carbonyl (C=O) groups is 1. The van der Waals surface area contributed by atoms with Gasteiger partial charge in [-0.2, -0.15) is 0 Å². The molecule has 0 spiro atoms. The molecule has 2 aromatic rings. The van der Waals surface area contributed by atoms with E-state index < -0.39 is 32.5 Å². The number of halogens is 4. The molecule has 0 saturated heterocycles. The van der Waals surface area contributed by atoms with Crippen molar-refractivity contribution in [2.24, 2.45) is 0 Å². The van der Waals surface area contributed by atoms with E-state index in [1.165, 1.54) is 6.07 Å². The number of esters is 1. The molecule has 0 saturated carbocycles. The van der Waals surface area contributed by atoms with Crippen molar-refractivity contribution >= 4 is 83.9 Å². The first-order valence-electron chi connectivity index (χ1n) is 5.86. The predicted octanol–water partition coefficient (Wildman–Crippen LogP) is 3.47. The summed E-state index contributed by atoms with van der Waals surface area (Å²) in [5, 5.41) is 9.61. The van der Waals surface area contributed by atoms with Crippen molar-refractivity contribution in [1.82, 2.24) is 0 Å². The fourth-order valence-electron chi connectivity index (χ4n) is 1.70. The third-order valence-corrected chi connectivity index (χ3v) is 7.05. The Kier molecular flexibility index (Phi) is 6.31. The van der Waals surface area contributed by atoms with Crippen molar-refractivity contribution in [2.45, 2.75) is 4.90 Å². The summed E-state index contributed by atoms with van der Waals surface area (Å²) in [5.74, 6) is -2.49. The molecule has 0 radical (unpaired) electrons. The van der Waals surface area contributed by atoms with Crippen molar-refractivity contribution in [1.29, 1.82) is 0 Å². The molecule has 24 heavy (non-hydrogen) atoms. The highest BCUT2D eigenvalue weighted by atomic mass is 127. The molecule has 0 aliphatic carbocycles. The van der Waals surface area contributed by atoms with Crippen LogP contribution in [0.15, 0.2) is 29.2 Å². The fraction of sp³-hybridized carbons (Fsp3) is 0. The average molecular weight is 689 g/mol. The summed E-state index contributed by atoms with van der Waals surface area (Å²) in [6.07, 6.45) is 0. The zero-order chi connectivity index (χ0) is 18.2. The lowest BCUT2D eigenvalue weighted by Gasteiger charge is -2.16. The Labute approximate surface area is 177 Å². The van der Waals surface area contributed by atoms with Crippen LogP contribution >= 0.6 is 67.8 Å². The Bertz CT molecular complexity index is 945. The molecule has 0 amide bonds. The summed E-state index contributed by atoms with van der Waals surface area (Å²) < 4.78 is 52.8. The molecule has 128 valence electrons. The van der Waals surface area contributed by atoms with E-state index in [4.69, 9.17) is 4.74 Å². The summed E-state index contributed by atoms with van der Waals surface area (Å²) in [6, 6.07) is 4.12. The van der Waals surface area contributed by atoms with E-state index >= 15 is 0 Å². The molecule has 11 heteroatoms. The van der Waals surface area contributed by atoms with E-state index in [1.54, 1.807) is 45.2 Å². The first-order chi connectivity index (χ1) is 11.0. The number of phenols is 1. The number of hydrogen-bond donors (Lipinski definition) is 1. The number of rotatable bonds is 3. The highest BCUT2D eigenvalue weighted by molar-refractivity contribution is 14.1. The highest BCUT2D eigenvalue weighted by Gasteiger charge is 2.23. The monoisotopic (exact) mass is 689 g/mol. The molecule has 0 atom stereocenters. The van der Waals surface area contributed by atoms with Crippen molar-refractivity contribution in [3.8, 4) is 11.5 Å². The van der Waals surface area contributed by atoms with Crippen LogP contribution in [-0.4, -0.2) is 24.0 Å². The standard InChI is InChI=1S/C13H6FI3O6S/c14-5-1-2-6(9(18)3-5)13(19)23-11-7(15)4-8(16)12(10(11)17)24(20,21)22/h1-4,18H,(H,20,21,22)/p-1. The second-order valence-corrected chi connectivity index (χ2v) is 9.04. The van der Waals surface area contributed by atoms with Crippen LogP contribution in [-0.2, 0) is 10.1 Å². The molecular formula is C13H5FI3O6S-.